The van der Waals surface area contributed by atoms with Crippen molar-refractivity contribution in [2.24, 2.45) is 0 Å². The predicted octanol–water partition coefficient (Wildman–Crippen LogP) is 0.408. The summed E-state index contributed by atoms with van der Waals surface area (Å²) in [7, 11) is 7.84. The molecule has 0 unspecified atom stereocenters. The number of hydrogen-bond donors (Lipinski definition) is 4. The van der Waals surface area contributed by atoms with Gasteiger partial charge in [0.25, 0.3) is 0 Å². The molecule has 0 heterocycles. The van der Waals surface area contributed by atoms with Crippen LogP contribution in [0.5, 0.6) is 0 Å². The molecule has 0 saturated heterocycles. The van der Waals surface area contributed by atoms with Crippen molar-refractivity contribution in [2.45, 2.75) is 13.1 Å². The van der Waals surface area contributed by atoms with Crippen molar-refractivity contribution in [1.82, 2.24) is 31.1 Å². The molecule has 8 nitrogen and oxygen atoms in total. The Morgan fingerprint density at radius 3 is 1.58 bits per heavy atom. The van der Waals surface area contributed by atoms with E-state index in [1.807, 2.05) is 62.3 Å². The number of carbonyl (C=O) groups excluding carboxylic acids is 2. The van der Waals surface area contributed by atoms with Gasteiger partial charge in [0.2, 0.25) is 0 Å². The van der Waals surface area contributed by atoms with Gasteiger partial charge in [0, 0.05) is 39.3 Å². The van der Waals surface area contributed by atoms with Crippen molar-refractivity contribution >= 4 is 12.1 Å². The zero-order chi connectivity index (χ0) is 19.4. The van der Waals surface area contributed by atoms with Gasteiger partial charge in [0.15, 0.2) is 0 Å². The summed E-state index contributed by atoms with van der Waals surface area (Å²) >= 11 is 0. The second-order valence-corrected chi connectivity index (χ2v) is 6.65. The molecule has 146 valence electrons. The van der Waals surface area contributed by atoms with Crippen LogP contribution in [0.1, 0.15) is 11.1 Å². The number of nitrogens with one attached hydrogen (secondary N) is 4. The number of amides is 4. The molecular weight excluding hydrogens is 332 g/mol. The fourth-order valence-corrected chi connectivity index (χ4v) is 2.13. The van der Waals surface area contributed by atoms with E-state index in [1.54, 1.807) is 0 Å². The van der Waals surface area contributed by atoms with Crippen LogP contribution in [0.3, 0.4) is 0 Å². The predicted molar refractivity (Wildman–Crippen MR) is 104 cm³/mol. The molecule has 0 radical (unpaired) electrons. The summed E-state index contributed by atoms with van der Waals surface area (Å²) in [6.07, 6.45) is 0. The molecule has 0 bridgehead atoms. The molecule has 0 fully saturated rings. The highest BCUT2D eigenvalue weighted by Crippen LogP contribution is 2.05. The summed E-state index contributed by atoms with van der Waals surface area (Å²) in [5.41, 5.74) is 1.97. The third-order valence-corrected chi connectivity index (χ3v) is 3.59. The van der Waals surface area contributed by atoms with Gasteiger partial charge in [-0.05, 0) is 39.3 Å². The van der Waals surface area contributed by atoms with E-state index in [2.05, 4.69) is 21.3 Å². The average Bonchev–Trinajstić information content (AvgIpc) is 2.58. The number of benzene rings is 1. The van der Waals surface area contributed by atoms with Crippen molar-refractivity contribution < 1.29 is 9.59 Å². The Morgan fingerprint density at radius 2 is 1.19 bits per heavy atom. The monoisotopic (exact) mass is 364 g/mol. The average molecular weight is 364 g/mol. The summed E-state index contributed by atoms with van der Waals surface area (Å²) in [4.78, 5) is 27.5. The summed E-state index contributed by atoms with van der Waals surface area (Å²) in [6, 6.07) is 7.41. The molecule has 0 aliphatic rings. The van der Waals surface area contributed by atoms with Gasteiger partial charge in [0.05, 0.1) is 0 Å². The van der Waals surface area contributed by atoms with Crippen molar-refractivity contribution in [3.8, 4) is 0 Å². The first-order valence-electron chi connectivity index (χ1n) is 8.77. The van der Waals surface area contributed by atoms with E-state index in [1.165, 1.54) is 0 Å². The van der Waals surface area contributed by atoms with Gasteiger partial charge < -0.3 is 31.1 Å². The Balaban J connectivity index is 2.31. The Hall–Kier alpha value is -2.32. The molecule has 0 spiro atoms. The third-order valence-electron chi connectivity index (χ3n) is 3.59. The van der Waals surface area contributed by atoms with E-state index in [0.29, 0.717) is 26.2 Å². The Bertz CT molecular complexity index is 517. The highest BCUT2D eigenvalue weighted by atomic mass is 16.2. The van der Waals surface area contributed by atoms with E-state index >= 15 is 0 Å². The number of rotatable bonds is 10. The molecule has 4 N–H and O–H groups in total. The van der Waals surface area contributed by atoms with Crippen LogP contribution in [0.4, 0.5) is 9.59 Å². The SMILES string of the molecule is CN(C)CCNC(=O)NCc1cccc(CNC(=O)NCCN(C)C)c1. The zero-order valence-corrected chi connectivity index (χ0v) is 16.3. The van der Waals surface area contributed by atoms with Crippen molar-refractivity contribution in [2.75, 3.05) is 54.4 Å². The van der Waals surface area contributed by atoms with E-state index in [-0.39, 0.29) is 12.1 Å². The van der Waals surface area contributed by atoms with Crippen LogP contribution in [0.2, 0.25) is 0 Å². The van der Waals surface area contributed by atoms with Crippen LogP contribution in [0, 0.1) is 0 Å². The van der Waals surface area contributed by atoms with Crippen LogP contribution in [-0.2, 0) is 13.1 Å². The number of likely N-dealkylation sites (N-methyl/N-ethyl adjacent to an activating group) is 2. The molecule has 4 amide bonds. The van der Waals surface area contributed by atoms with Gasteiger partial charge in [-0.15, -0.1) is 0 Å². The fraction of sp³-hybridized carbons (Fsp3) is 0.556. The Labute approximate surface area is 156 Å². The molecule has 1 rings (SSSR count). The van der Waals surface area contributed by atoms with Gasteiger partial charge in [-0.2, -0.15) is 0 Å². The van der Waals surface area contributed by atoms with Crippen LogP contribution in [-0.4, -0.2) is 76.2 Å². The highest BCUT2D eigenvalue weighted by Gasteiger charge is 2.03. The number of carbonyl (C=O) groups is 2. The second kappa shape index (κ2) is 12.1. The van der Waals surface area contributed by atoms with Gasteiger partial charge >= 0.3 is 12.1 Å². The first kappa shape index (κ1) is 21.7. The second-order valence-electron chi connectivity index (χ2n) is 6.65. The molecule has 26 heavy (non-hydrogen) atoms. The molecule has 0 saturated carbocycles. The maximum Gasteiger partial charge on any atom is 0.315 e. The summed E-state index contributed by atoms with van der Waals surface area (Å²) in [5.74, 6) is 0. The Morgan fingerprint density at radius 1 is 0.769 bits per heavy atom. The van der Waals surface area contributed by atoms with Gasteiger partial charge in [-0.1, -0.05) is 24.3 Å². The smallest absolute Gasteiger partial charge is 0.315 e. The lowest BCUT2D eigenvalue weighted by atomic mass is 10.1. The highest BCUT2D eigenvalue weighted by molar-refractivity contribution is 5.74. The number of hydrogen-bond acceptors (Lipinski definition) is 4. The van der Waals surface area contributed by atoms with Crippen molar-refractivity contribution in [3.05, 3.63) is 35.4 Å². The van der Waals surface area contributed by atoms with E-state index in [0.717, 1.165) is 24.2 Å². The standard InChI is InChI=1S/C18H32N6O2/c1-23(2)10-8-19-17(25)21-13-15-6-5-7-16(12-15)14-22-18(26)20-9-11-24(3)4/h5-7,12H,8-11,13-14H2,1-4H3,(H2,19,21,25)(H2,20,22,26). The van der Waals surface area contributed by atoms with E-state index < -0.39 is 0 Å². The molecule has 0 aromatic heterocycles. The number of nitrogens with zero attached hydrogens (tertiary/aromatic N) is 2. The van der Waals surface area contributed by atoms with Crippen LogP contribution in [0.25, 0.3) is 0 Å². The quantitative estimate of drug-likeness (QED) is 0.484. The minimum Gasteiger partial charge on any atom is -0.337 e. The lowest BCUT2D eigenvalue weighted by Gasteiger charge is -2.12. The van der Waals surface area contributed by atoms with Crippen LogP contribution in [0.15, 0.2) is 24.3 Å². The van der Waals surface area contributed by atoms with Gasteiger partial charge in [-0.3, -0.25) is 0 Å². The number of urea groups is 2. The lowest BCUT2D eigenvalue weighted by molar-refractivity contribution is 0.238. The molecule has 8 heteroatoms. The zero-order valence-electron chi connectivity index (χ0n) is 16.3. The molecule has 1 aromatic carbocycles. The first-order chi connectivity index (χ1) is 12.4. The summed E-state index contributed by atoms with van der Waals surface area (Å²) < 4.78 is 0. The first-order valence-corrected chi connectivity index (χ1v) is 8.77. The summed E-state index contributed by atoms with van der Waals surface area (Å²) in [6.45, 7) is 3.68. The van der Waals surface area contributed by atoms with Crippen LogP contribution < -0.4 is 21.3 Å². The van der Waals surface area contributed by atoms with E-state index in [4.69, 9.17) is 0 Å². The van der Waals surface area contributed by atoms with Crippen molar-refractivity contribution in [1.29, 1.82) is 0 Å². The maximum atomic E-state index is 11.7. The minimum atomic E-state index is -0.185. The Kier molecular flexibility index (Phi) is 10.1. The van der Waals surface area contributed by atoms with Crippen molar-refractivity contribution in [3.63, 3.8) is 0 Å². The van der Waals surface area contributed by atoms with Gasteiger partial charge in [-0.25, -0.2) is 9.59 Å². The van der Waals surface area contributed by atoms with Gasteiger partial charge in [0.1, 0.15) is 0 Å². The minimum absolute atomic E-state index is 0.185. The third kappa shape index (κ3) is 10.5. The largest absolute Gasteiger partial charge is 0.337 e. The molecule has 1 aromatic rings. The maximum absolute atomic E-state index is 11.7. The molecule has 0 atom stereocenters. The normalized spacial score (nSPS) is 10.7. The summed E-state index contributed by atoms with van der Waals surface area (Å²) in [5, 5.41) is 11.3. The topological polar surface area (TPSA) is 88.7 Å². The molecule has 0 aliphatic carbocycles. The van der Waals surface area contributed by atoms with E-state index in [9.17, 15) is 9.59 Å². The van der Waals surface area contributed by atoms with Crippen LogP contribution >= 0.6 is 0 Å². The lowest BCUT2D eigenvalue weighted by Crippen LogP contribution is -2.39. The fourth-order valence-electron chi connectivity index (χ4n) is 2.13. The molecule has 0 aliphatic heterocycles. The molecular formula is C18H32N6O2.